The number of nitrogens with zero attached hydrogens (tertiary/aromatic N) is 1. The zero-order valence-electron chi connectivity index (χ0n) is 12.2. The molecule has 0 aliphatic rings. The van der Waals surface area contributed by atoms with Crippen LogP contribution >= 0.6 is 11.5 Å². The van der Waals surface area contributed by atoms with E-state index >= 15 is 0 Å². The summed E-state index contributed by atoms with van der Waals surface area (Å²) in [6, 6.07) is 8.21. The minimum absolute atomic E-state index is 0.0832. The zero-order valence-corrected chi connectivity index (χ0v) is 13.9. The summed E-state index contributed by atoms with van der Waals surface area (Å²) in [4.78, 5) is 11.8. The molecule has 0 aliphatic carbocycles. The van der Waals surface area contributed by atoms with E-state index in [9.17, 15) is 13.2 Å². The van der Waals surface area contributed by atoms with Gasteiger partial charge in [-0.3, -0.25) is 4.79 Å². The summed E-state index contributed by atoms with van der Waals surface area (Å²) in [5.41, 5.74) is 1.11. The van der Waals surface area contributed by atoms with Gasteiger partial charge in [0.25, 0.3) is 0 Å². The number of rotatable bonds is 6. The Kier molecular flexibility index (Phi) is 5.28. The number of likely N-dealkylation sites (N-methyl/N-ethyl adjacent to an activating group) is 1. The Morgan fingerprint density at radius 1 is 1.32 bits per heavy atom. The number of aromatic nitrogens is 1. The molecule has 0 bridgehead atoms. The van der Waals surface area contributed by atoms with Gasteiger partial charge in [-0.25, -0.2) is 8.42 Å². The van der Waals surface area contributed by atoms with Crippen LogP contribution < -0.4 is 10.0 Å². The van der Waals surface area contributed by atoms with Crippen molar-refractivity contribution >= 4 is 27.5 Å². The van der Waals surface area contributed by atoms with Crippen molar-refractivity contribution in [1.82, 2.24) is 14.4 Å². The highest BCUT2D eigenvalue weighted by Gasteiger charge is 2.26. The molecule has 118 valence electrons. The molecule has 1 aromatic heterocycles. The van der Waals surface area contributed by atoms with E-state index in [4.69, 9.17) is 0 Å². The van der Waals surface area contributed by atoms with Gasteiger partial charge in [0, 0.05) is 17.5 Å². The molecule has 1 atom stereocenters. The first-order valence-electron chi connectivity index (χ1n) is 6.75. The first-order chi connectivity index (χ1) is 10.5. The van der Waals surface area contributed by atoms with E-state index in [1.807, 2.05) is 18.2 Å². The van der Waals surface area contributed by atoms with E-state index in [-0.39, 0.29) is 10.8 Å². The van der Waals surface area contributed by atoms with Gasteiger partial charge in [0.05, 0.1) is 6.04 Å². The number of nitrogens with one attached hydrogen (secondary N) is 2. The van der Waals surface area contributed by atoms with Gasteiger partial charge < -0.3 is 5.32 Å². The fraction of sp³-hybridized carbons (Fsp3) is 0.286. The van der Waals surface area contributed by atoms with Crippen molar-refractivity contribution < 1.29 is 13.2 Å². The Hall–Kier alpha value is -1.77. The molecule has 2 N–H and O–H groups in total. The van der Waals surface area contributed by atoms with Crippen LogP contribution in [-0.2, 0) is 14.8 Å². The third-order valence-corrected chi connectivity index (χ3v) is 5.28. The third-order valence-electron chi connectivity index (χ3n) is 2.95. The second-order valence-corrected chi connectivity index (χ2v) is 6.94. The lowest BCUT2D eigenvalue weighted by molar-refractivity contribution is -0.122. The van der Waals surface area contributed by atoms with Crippen molar-refractivity contribution in [2.24, 2.45) is 0 Å². The van der Waals surface area contributed by atoms with Gasteiger partial charge in [-0.15, -0.1) is 0 Å². The molecule has 1 heterocycles. The normalized spacial score (nSPS) is 12.8. The largest absolute Gasteiger partial charge is 0.355 e. The van der Waals surface area contributed by atoms with Crippen LogP contribution in [0.2, 0.25) is 0 Å². The number of carbonyl (C=O) groups excluding carboxylic acids is 1. The molecule has 22 heavy (non-hydrogen) atoms. The molecule has 0 saturated heterocycles. The van der Waals surface area contributed by atoms with Crippen LogP contribution in [0.3, 0.4) is 0 Å². The minimum atomic E-state index is -3.82. The molecule has 6 nitrogen and oxygen atoms in total. The van der Waals surface area contributed by atoms with Crippen molar-refractivity contribution in [3.8, 4) is 11.3 Å². The molecule has 8 heteroatoms. The van der Waals surface area contributed by atoms with Crippen molar-refractivity contribution in [2.45, 2.75) is 24.8 Å². The van der Waals surface area contributed by atoms with Gasteiger partial charge in [-0.1, -0.05) is 30.3 Å². The van der Waals surface area contributed by atoms with E-state index < -0.39 is 16.1 Å². The lowest BCUT2D eigenvalue weighted by Crippen LogP contribution is -2.44. The number of sulfonamides is 1. The number of hydrogen-bond acceptors (Lipinski definition) is 5. The fourth-order valence-electron chi connectivity index (χ4n) is 1.89. The summed E-state index contributed by atoms with van der Waals surface area (Å²) in [6.45, 7) is 3.72. The molecule has 0 radical (unpaired) electrons. The lowest BCUT2D eigenvalue weighted by Gasteiger charge is -2.13. The van der Waals surface area contributed by atoms with Gasteiger partial charge in [-0.2, -0.15) is 9.10 Å². The molecule has 0 saturated carbocycles. The number of benzene rings is 1. The van der Waals surface area contributed by atoms with Gasteiger partial charge in [0.15, 0.2) is 0 Å². The SMILES string of the molecule is CCNC(=O)[C@@H](C)NS(=O)(=O)c1csnc1-c1ccccc1. The average Bonchev–Trinajstić information content (AvgIpc) is 2.98. The maximum atomic E-state index is 12.5. The summed E-state index contributed by atoms with van der Waals surface area (Å²) in [5.74, 6) is -0.365. The smallest absolute Gasteiger partial charge is 0.244 e. The fourth-order valence-corrected chi connectivity index (χ4v) is 4.27. The van der Waals surface area contributed by atoms with Gasteiger partial charge in [-0.05, 0) is 25.4 Å². The van der Waals surface area contributed by atoms with Crippen LogP contribution in [0, 0.1) is 0 Å². The molecule has 0 aliphatic heterocycles. The molecule has 2 rings (SSSR count). The Bertz CT molecular complexity index is 742. The molecule has 0 fully saturated rings. The first kappa shape index (κ1) is 16.6. The van der Waals surface area contributed by atoms with Crippen LogP contribution in [-0.4, -0.2) is 31.3 Å². The molecule has 1 amide bonds. The van der Waals surface area contributed by atoms with Crippen molar-refractivity contribution in [1.29, 1.82) is 0 Å². The van der Waals surface area contributed by atoms with Crippen LogP contribution in [0.1, 0.15) is 13.8 Å². The van der Waals surface area contributed by atoms with Crippen LogP contribution in [0.5, 0.6) is 0 Å². The number of carbonyl (C=O) groups is 1. The van der Waals surface area contributed by atoms with Crippen LogP contribution in [0.25, 0.3) is 11.3 Å². The Balaban J connectivity index is 2.28. The molecular weight excluding hydrogens is 322 g/mol. The Morgan fingerprint density at radius 2 is 2.00 bits per heavy atom. The monoisotopic (exact) mass is 339 g/mol. The maximum Gasteiger partial charge on any atom is 0.244 e. The summed E-state index contributed by atoms with van der Waals surface area (Å²) < 4.78 is 31.5. The predicted molar refractivity (Wildman–Crippen MR) is 86.0 cm³/mol. The van der Waals surface area contributed by atoms with E-state index in [0.717, 1.165) is 17.1 Å². The summed E-state index contributed by atoms with van der Waals surface area (Å²) in [7, 11) is -3.82. The number of amides is 1. The van der Waals surface area contributed by atoms with Gasteiger partial charge >= 0.3 is 0 Å². The molecule has 0 spiro atoms. The molecule has 0 unspecified atom stereocenters. The third kappa shape index (κ3) is 3.70. The molecule has 2 aromatic rings. The van der Waals surface area contributed by atoms with Crippen molar-refractivity contribution in [3.05, 3.63) is 35.7 Å². The van der Waals surface area contributed by atoms with E-state index in [2.05, 4.69) is 14.4 Å². The maximum absolute atomic E-state index is 12.5. The standard InChI is InChI=1S/C14H17N3O3S2/c1-3-15-14(18)10(2)17-22(19,20)12-9-21-16-13(12)11-7-5-4-6-8-11/h4-10,17H,3H2,1-2H3,(H,15,18)/t10-/m1/s1. The second kappa shape index (κ2) is 6.99. The van der Waals surface area contributed by atoms with E-state index in [1.54, 1.807) is 19.1 Å². The average molecular weight is 339 g/mol. The molecular formula is C14H17N3O3S2. The number of hydrogen-bond donors (Lipinski definition) is 2. The highest BCUT2D eigenvalue weighted by atomic mass is 32.2. The quantitative estimate of drug-likeness (QED) is 0.837. The Morgan fingerprint density at radius 3 is 2.64 bits per heavy atom. The van der Waals surface area contributed by atoms with Gasteiger partial charge in [0.1, 0.15) is 10.6 Å². The van der Waals surface area contributed by atoms with Crippen molar-refractivity contribution in [3.63, 3.8) is 0 Å². The predicted octanol–water partition coefficient (Wildman–Crippen LogP) is 1.61. The van der Waals surface area contributed by atoms with Crippen LogP contribution in [0.4, 0.5) is 0 Å². The highest BCUT2D eigenvalue weighted by Crippen LogP contribution is 2.27. The van der Waals surface area contributed by atoms with E-state index in [0.29, 0.717) is 12.2 Å². The first-order valence-corrected chi connectivity index (χ1v) is 9.07. The second-order valence-electron chi connectivity index (χ2n) is 4.63. The minimum Gasteiger partial charge on any atom is -0.355 e. The van der Waals surface area contributed by atoms with Crippen LogP contribution in [0.15, 0.2) is 40.6 Å². The summed E-state index contributed by atoms with van der Waals surface area (Å²) in [5, 5.41) is 4.05. The summed E-state index contributed by atoms with van der Waals surface area (Å²) >= 11 is 1.06. The summed E-state index contributed by atoms with van der Waals surface area (Å²) in [6.07, 6.45) is 0. The van der Waals surface area contributed by atoms with Crippen molar-refractivity contribution in [2.75, 3.05) is 6.54 Å². The highest BCUT2D eigenvalue weighted by molar-refractivity contribution is 7.89. The topological polar surface area (TPSA) is 88.2 Å². The lowest BCUT2D eigenvalue weighted by atomic mass is 10.2. The Labute approximate surface area is 133 Å². The zero-order chi connectivity index (χ0) is 16.2. The molecule has 1 aromatic carbocycles. The van der Waals surface area contributed by atoms with E-state index in [1.165, 1.54) is 12.3 Å². The van der Waals surface area contributed by atoms with Gasteiger partial charge in [0.2, 0.25) is 15.9 Å².